The first-order valence-electron chi connectivity index (χ1n) is 6.57. The zero-order valence-corrected chi connectivity index (χ0v) is 11.5. The van der Waals surface area contributed by atoms with E-state index in [1.165, 1.54) is 6.07 Å². The summed E-state index contributed by atoms with van der Waals surface area (Å²) in [5, 5.41) is 23.2. The molecule has 1 amide bonds. The van der Waals surface area contributed by atoms with Crippen molar-refractivity contribution in [1.29, 1.82) is 0 Å². The average Bonchev–Trinajstić information content (AvgIpc) is 2.68. The number of rotatable bonds is 3. The van der Waals surface area contributed by atoms with Crippen LogP contribution >= 0.6 is 0 Å². The summed E-state index contributed by atoms with van der Waals surface area (Å²) in [5.41, 5.74) is -0.208. The van der Waals surface area contributed by atoms with Gasteiger partial charge in [0.1, 0.15) is 11.3 Å². The van der Waals surface area contributed by atoms with Gasteiger partial charge in [-0.3, -0.25) is 14.9 Å². The summed E-state index contributed by atoms with van der Waals surface area (Å²) in [6.07, 6.45) is 2.73. The van der Waals surface area contributed by atoms with Gasteiger partial charge in [-0.05, 0) is 36.8 Å². The smallest absolute Gasteiger partial charge is 0.282 e. The first kappa shape index (κ1) is 14.3. The SMILES string of the molecule is CC1(C)CCC(NC(=O)c2cc(O)ccc2[N+](=O)[O-])C1. The number of aromatic hydroxyl groups is 1. The largest absolute Gasteiger partial charge is 0.508 e. The average molecular weight is 278 g/mol. The quantitative estimate of drug-likeness (QED) is 0.656. The Kier molecular flexibility index (Phi) is 3.65. The first-order valence-corrected chi connectivity index (χ1v) is 6.57. The molecule has 2 rings (SSSR count). The van der Waals surface area contributed by atoms with Crippen LogP contribution in [0.25, 0.3) is 0 Å². The predicted octanol–water partition coefficient (Wildman–Crippen LogP) is 2.61. The second kappa shape index (κ2) is 5.11. The molecule has 0 aromatic heterocycles. The lowest BCUT2D eigenvalue weighted by atomic mass is 9.92. The molecule has 20 heavy (non-hydrogen) atoms. The Bertz CT molecular complexity index is 554. The molecule has 2 N–H and O–H groups in total. The Morgan fingerprint density at radius 1 is 1.50 bits per heavy atom. The molecule has 1 aromatic rings. The molecule has 0 spiro atoms. The standard InChI is InChI=1S/C14H18N2O4/c1-14(2)6-5-9(8-14)15-13(18)11-7-10(17)3-4-12(11)16(19)20/h3-4,7,9,17H,5-6,8H2,1-2H3,(H,15,18). The van der Waals surface area contributed by atoms with E-state index in [9.17, 15) is 20.0 Å². The summed E-state index contributed by atoms with van der Waals surface area (Å²) in [4.78, 5) is 22.5. The van der Waals surface area contributed by atoms with Crippen molar-refractivity contribution in [2.24, 2.45) is 5.41 Å². The predicted molar refractivity (Wildman–Crippen MR) is 73.6 cm³/mol. The maximum Gasteiger partial charge on any atom is 0.282 e. The zero-order valence-electron chi connectivity index (χ0n) is 11.5. The summed E-state index contributed by atoms with van der Waals surface area (Å²) < 4.78 is 0. The number of nitro groups is 1. The number of phenols is 1. The lowest BCUT2D eigenvalue weighted by molar-refractivity contribution is -0.385. The molecule has 0 heterocycles. The molecule has 1 aliphatic rings. The Morgan fingerprint density at radius 2 is 2.20 bits per heavy atom. The number of amides is 1. The molecule has 108 valence electrons. The van der Waals surface area contributed by atoms with E-state index in [1.54, 1.807) is 0 Å². The normalized spacial score (nSPS) is 20.6. The number of hydrogen-bond acceptors (Lipinski definition) is 4. The van der Waals surface area contributed by atoms with Crippen LogP contribution in [0.2, 0.25) is 0 Å². The Hall–Kier alpha value is -2.11. The third kappa shape index (κ3) is 3.07. The van der Waals surface area contributed by atoms with Crippen molar-refractivity contribution >= 4 is 11.6 Å². The minimum atomic E-state index is -0.618. The lowest BCUT2D eigenvalue weighted by Crippen LogP contribution is -2.33. The van der Waals surface area contributed by atoms with Crippen molar-refractivity contribution in [3.63, 3.8) is 0 Å². The summed E-state index contributed by atoms with van der Waals surface area (Å²) in [6, 6.07) is 3.50. The summed E-state index contributed by atoms with van der Waals surface area (Å²) in [6.45, 7) is 4.27. The molecule has 0 aliphatic heterocycles. The van der Waals surface area contributed by atoms with E-state index in [1.807, 2.05) is 0 Å². The van der Waals surface area contributed by atoms with E-state index in [2.05, 4.69) is 19.2 Å². The maximum atomic E-state index is 12.2. The zero-order chi connectivity index (χ0) is 14.9. The van der Waals surface area contributed by atoms with Crippen molar-refractivity contribution in [2.75, 3.05) is 0 Å². The van der Waals surface area contributed by atoms with Gasteiger partial charge in [-0.15, -0.1) is 0 Å². The highest BCUT2D eigenvalue weighted by molar-refractivity contribution is 5.98. The van der Waals surface area contributed by atoms with Crippen molar-refractivity contribution in [3.8, 4) is 5.75 Å². The molecule has 0 saturated heterocycles. The van der Waals surface area contributed by atoms with Crippen molar-refractivity contribution in [1.82, 2.24) is 5.32 Å². The Morgan fingerprint density at radius 3 is 2.75 bits per heavy atom. The highest BCUT2D eigenvalue weighted by Gasteiger charge is 2.32. The molecule has 1 aromatic carbocycles. The molecular formula is C14H18N2O4. The monoisotopic (exact) mass is 278 g/mol. The van der Waals surface area contributed by atoms with Crippen LogP contribution in [0, 0.1) is 15.5 Å². The van der Waals surface area contributed by atoms with E-state index in [0.717, 1.165) is 31.4 Å². The van der Waals surface area contributed by atoms with Crippen LogP contribution in [0.15, 0.2) is 18.2 Å². The van der Waals surface area contributed by atoms with Gasteiger partial charge < -0.3 is 10.4 Å². The van der Waals surface area contributed by atoms with E-state index in [4.69, 9.17) is 0 Å². The number of nitrogens with zero attached hydrogens (tertiary/aromatic N) is 1. The summed E-state index contributed by atoms with van der Waals surface area (Å²) in [7, 11) is 0. The van der Waals surface area contributed by atoms with Gasteiger partial charge >= 0.3 is 0 Å². The van der Waals surface area contributed by atoms with Gasteiger partial charge in [-0.25, -0.2) is 0 Å². The highest BCUT2D eigenvalue weighted by Crippen LogP contribution is 2.37. The third-order valence-corrected chi connectivity index (χ3v) is 3.73. The summed E-state index contributed by atoms with van der Waals surface area (Å²) in [5.74, 6) is -0.664. The fourth-order valence-corrected chi connectivity index (χ4v) is 2.69. The van der Waals surface area contributed by atoms with Gasteiger partial charge in [0, 0.05) is 12.1 Å². The number of nitro benzene ring substituents is 1. The number of nitrogens with one attached hydrogen (secondary N) is 1. The van der Waals surface area contributed by atoms with Gasteiger partial charge in [-0.1, -0.05) is 13.8 Å². The van der Waals surface area contributed by atoms with Gasteiger partial charge in [0.2, 0.25) is 0 Å². The van der Waals surface area contributed by atoms with Crippen LogP contribution < -0.4 is 5.32 Å². The van der Waals surface area contributed by atoms with Crippen LogP contribution in [0.5, 0.6) is 5.75 Å². The van der Waals surface area contributed by atoms with Crippen molar-refractivity contribution < 1.29 is 14.8 Å². The van der Waals surface area contributed by atoms with Gasteiger partial charge in [-0.2, -0.15) is 0 Å². The number of carbonyl (C=O) groups is 1. The molecular weight excluding hydrogens is 260 g/mol. The van der Waals surface area contributed by atoms with E-state index in [0.29, 0.717) is 0 Å². The first-order chi connectivity index (χ1) is 9.28. The van der Waals surface area contributed by atoms with Crippen LogP contribution in [-0.2, 0) is 0 Å². The van der Waals surface area contributed by atoms with Gasteiger partial charge in [0.15, 0.2) is 0 Å². The molecule has 0 radical (unpaired) electrons. The molecule has 1 aliphatic carbocycles. The van der Waals surface area contributed by atoms with Crippen LogP contribution in [0.4, 0.5) is 5.69 Å². The van der Waals surface area contributed by atoms with E-state index >= 15 is 0 Å². The van der Waals surface area contributed by atoms with E-state index in [-0.39, 0.29) is 28.5 Å². The van der Waals surface area contributed by atoms with Crippen molar-refractivity contribution in [3.05, 3.63) is 33.9 Å². The fraction of sp³-hybridized carbons (Fsp3) is 0.500. The summed E-state index contributed by atoms with van der Waals surface area (Å²) >= 11 is 0. The van der Waals surface area contributed by atoms with E-state index < -0.39 is 10.8 Å². The Balaban J connectivity index is 2.17. The fourth-order valence-electron chi connectivity index (χ4n) is 2.69. The van der Waals surface area contributed by atoms with Crippen LogP contribution in [0.3, 0.4) is 0 Å². The second-order valence-electron chi connectivity index (χ2n) is 6.04. The maximum absolute atomic E-state index is 12.2. The lowest BCUT2D eigenvalue weighted by Gasteiger charge is -2.17. The van der Waals surface area contributed by atoms with Crippen molar-refractivity contribution in [2.45, 2.75) is 39.2 Å². The minimum absolute atomic E-state index is 0.0273. The van der Waals surface area contributed by atoms with Gasteiger partial charge in [0.25, 0.3) is 11.6 Å². The Labute approximate surface area is 117 Å². The minimum Gasteiger partial charge on any atom is -0.508 e. The molecule has 1 fully saturated rings. The molecule has 6 heteroatoms. The third-order valence-electron chi connectivity index (χ3n) is 3.73. The topological polar surface area (TPSA) is 92.5 Å². The van der Waals surface area contributed by atoms with Crippen LogP contribution in [-0.4, -0.2) is 22.0 Å². The number of benzene rings is 1. The number of carbonyl (C=O) groups excluding carboxylic acids is 1. The number of phenolic OH excluding ortho intramolecular Hbond substituents is 1. The van der Waals surface area contributed by atoms with Crippen LogP contribution in [0.1, 0.15) is 43.5 Å². The van der Waals surface area contributed by atoms with Gasteiger partial charge in [0.05, 0.1) is 4.92 Å². The molecule has 6 nitrogen and oxygen atoms in total. The molecule has 1 unspecified atom stereocenters. The molecule has 1 atom stereocenters. The molecule has 1 saturated carbocycles. The highest BCUT2D eigenvalue weighted by atomic mass is 16.6. The number of hydrogen-bond donors (Lipinski definition) is 2. The molecule has 0 bridgehead atoms. The second-order valence-corrected chi connectivity index (χ2v) is 6.04.